The monoisotopic (exact) mass is 426 g/mol. The maximum absolute atomic E-state index is 13.7. The lowest BCUT2D eigenvalue weighted by Gasteiger charge is -2.34. The van der Waals surface area contributed by atoms with Crippen molar-refractivity contribution >= 4 is 17.5 Å². The highest BCUT2D eigenvalue weighted by atomic mass is 19.4. The number of nitrogens with one attached hydrogen (secondary N) is 1. The third-order valence-corrected chi connectivity index (χ3v) is 5.33. The number of carbonyl (C=O) groups excluding carboxylic acids is 2. The Morgan fingerprint density at radius 2 is 1.77 bits per heavy atom. The van der Waals surface area contributed by atoms with E-state index in [1.54, 1.807) is 0 Å². The Hall–Kier alpha value is -2.43. The number of rotatable bonds is 7. The van der Waals surface area contributed by atoms with Crippen LogP contribution in [0, 0.1) is 0 Å². The number of amides is 2. The largest absolute Gasteiger partial charge is 0.416 e. The average Bonchev–Trinajstić information content (AvgIpc) is 2.96. The normalized spacial score (nSPS) is 18.8. The van der Waals surface area contributed by atoms with Gasteiger partial charge in [0.2, 0.25) is 0 Å². The Kier molecular flexibility index (Phi) is 6.79. The molecule has 2 amide bonds. The molecule has 2 aliphatic rings. The number of likely N-dealkylation sites (N-methyl/N-ethyl adjacent to an activating group) is 1. The van der Waals surface area contributed by atoms with Crippen molar-refractivity contribution in [2.45, 2.75) is 19.6 Å². The molecule has 1 aromatic rings. The van der Waals surface area contributed by atoms with Crippen LogP contribution in [0.15, 0.2) is 30.0 Å². The molecule has 2 heterocycles. The van der Waals surface area contributed by atoms with Gasteiger partial charge in [0.15, 0.2) is 0 Å². The number of β-amino-alcohol motifs (C(OH)–C–C–N with tert-alkyl or cyclic N) is 1. The molecule has 0 atom stereocenters. The molecule has 0 aromatic heterocycles. The second-order valence-electron chi connectivity index (χ2n) is 7.28. The number of benzene rings is 1. The molecule has 164 valence electrons. The molecule has 1 saturated heterocycles. The lowest BCUT2D eigenvalue weighted by Crippen LogP contribution is -2.45. The van der Waals surface area contributed by atoms with Crippen LogP contribution in [0.25, 0.3) is 0 Å². The molecule has 1 aromatic carbocycles. The number of piperazine rings is 1. The highest BCUT2D eigenvalue weighted by molar-refractivity contribution is 6.17. The van der Waals surface area contributed by atoms with Crippen LogP contribution >= 0.6 is 0 Å². The van der Waals surface area contributed by atoms with Gasteiger partial charge in [-0.15, -0.1) is 0 Å². The van der Waals surface area contributed by atoms with Gasteiger partial charge in [0.05, 0.1) is 18.7 Å². The van der Waals surface area contributed by atoms with Gasteiger partial charge in [0.1, 0.15) is 5.70 Å². The third kappa shape index (κ3) is 5.00. The SMILES string of the molecule is CCN1CCN(Cc2ccc(NC3=CC(=O)N(CCO)C3=O)cc2C(F)(F)F)CC1. The molecular weight excluding hydrogens is 401 g/mol. The number of imide groups is 1. The first-order chi connectivity index (χ1) is 14.2. The first-order valence-electron chi connectivity index (χ1n) is 9.83. The summed E-state index contributed by atoms with van der Waals surface area (Å²) < 4.78 is 41.1. The summed E-state index contributed by atoms with van der Waals surface area (Å²) in [7, 11) is 0. The van der Waals surface area contributed by atoms with Crippen LogP contribution < -0.4 is 5.32 Å². The highest BCUT2D eigenvalue weighted by Crippen LogP contribution is 2.35. The summed E-state index contributed by atoms with van der Waals surface area (Å²) in [6.45, 7) is 5.68. The van der Waals surface area contributed by atoms with Crippen LogP contribution in [0.4, 0.5) is 18.9 Å². The van der Waals surface area contributed by atoms with Crippen LogP contribution in [-0.4, -0.2) is 77.5 Å². The van der Waals surface area contributed by atoms with Crippen molar-refractivity contribution < 1.29 is 27.9 Å². The van der Waals surface area contributed by atoms with Gasteiger partial charge in [-0.05, 0) is 24.2 Å². The number of aliphatic hydroxyl groups excluding tert-OH is 1. The van der Waals surface area contributed by atoms with E-state index in [1.165, 1.54) is 12.1 Å². The number of hydrogen-bond donors (Lipinski definition) is 2. The number of alkyl halides is 3. The van der Waals surface area contributed by atoms with Gasteiger partial charge in [-0.25, -0.2) is 0 Å². The number of anilines is 1. The van der Waals surface area contributed by atoms with Crippen LogP contribution in [0.1, 0.15) is 18.1 Å². The van der Waals surface area contributed by atoms with Gasteiger partial charge in [0, 0.05) is 44.5 Å². The van der Waals surface area contributed by atoms with Gasteiger partial charge in [-0.3, -0.25) is 19.4 Å². The van der Waals surface area contributed by atoms with Crippen molar-refractivity contribution in [2.75, 3.05) is 51.2 Å². The molecule has 0 aliphatic carbocycles. The molecule has 7 nitrogen and oxygen atoms in total. The summed E-state index contributed by atoms with van der Waals surface area (Å²) in [4.78, 5) is 29.1. The van der Waals surface area contributed by atoms with E-state index < -0.39 is 30.2 Å². The summed E-state index contributed by atoms with van der Waals surface area (Å²) in [6.07, 6.45) is -3.53. The summed E-state index contributed by atoms with van der Waals surface area (Å²) in [5.41, 5.74) is -0.650. The Balaban J connectivity index is 1.76. The minimum Gasteiger partial charge on any atom is -0.395 e. The van der Waals surface area contributed by atoms with Crippen molar-refractivity contribution in [1.82, 2.24) is 14.7 Å². The molecule has 0 bridgehead atoms. The molecule has 0 radical (unpaired) electrons. The molecule has 30 heavy (non-hydrogen) atoms. The van der Waals surface area contributed by atoms with Gasteiger partial charge < -0.3 is 15.3 Å². The van der Waals surface area contributed by atoms with Crippen LogP contribution in [0.2, 0.25) is 0 Å². The van der Waals surface area contributed by atoms with Crippen molar-refractivity contribution in [3.8, 4) is 0 Å². The fourth-order valence-electron chi connectivity index (χ4n) is 3.63. The van der Waals surface area contributed by atoms with Crippen molar-refractivity contribution in [3.05, 3.63) is 41.1 Å². The second kappa shape index (κ2) is 9.15. The minimum atomic E-state index is -4.55. The van der Waals surface area contributed by atoms with E-state index in [4.69, 9.17) is 5.11 Å². The van der Waals surface area contributed by atoms with E-state index in [0.717, 1.165) is 36.7 Å². The predicted octanol–water partition coefficient (Wildman–Crippen LogP) is 1.50. The molecule has 2 N–H and O–H groups in total. The number of nitrogens with zero attached hydrogens (tertiary/aromatic N) is 3. The van der Waals surface area contributed by atoms with Crippen molar-refractivity contribution in [1.29, 1.82) is 0 Å². The Bertz CT molecular complexity index is 833. The molecule has 0 saturated carbocycles. The van der Waals surface area contributed by atoms with E-state index in [-0.39, 0.29) is 30.0 Å². The number of hydrogen-bond acceptors (Lipinski definition) is 6. The summed E-state index contributed by atoms with van der Waals surface area (Å²) in [5.74, 6) is -1.30. The zero-order chi connectivity index (χ0) is 21.9. The molecule has 2 aliphatic heterocycles. The quantitative estimate of drug-likeness (QED) is 0.644. The number of aliphatic hydroxyl groups is 1. The summed E-state index contributed by atoms with van der Waals surface area (Å²) >= 11 is 0. The fraction of sp³-hybridized carbons (Fsp3) is 0.500. The van der Waals surface area contributed by atoms with Crippen LogP contribution in [-0.2, 0) is 22.3 Å². The molecule has 0 unspecified atom stereocenters. The van der Waals surface area contributed by atoms with Crippen molar-refractivity contribution in [2.24, 2.45) is 0 Å². The molecule has 3 rings (SSSR count). The van der Waals surface area contributed by atoms with Gasteiger partial charge >= 0.3 is 6.18 Å². The molecule has 1 fully saturated rings. The standard InChI is InChI=1S/C20H25F3N4O3/c1-2-25-5-7-26(8-6-25)13-14-3-4-15(11-16(14)20(21,22)23)24-17-12-18(29)27(9-10-28)19(17)30/h3-4,11-12,24,28H,2,5-10,13H2,1H3. The topological polar surface area (TPSA) is 76.1 Å². The lowest BCUT2D eigenvalue weighted by atomic mass is 10.0. The Morgan fingerprint density at radius 1 is 1.10 bits per heavy atom. The van der Waals surface area contributed by atoms with Crippen molar-refractivity contribution in [3.63, 3.8) is 0 Å². The lowest BCUT2D eigenvalue weighted by molar-refractivity contribution is -0.139. The van der Waals surface area contributed by atoms with Gasteiger partial charge in [0.25, 0.3) is 11.8 Å². The van der Waals surface area contributed by atoms with E-state index in [1.807, 2.05) is 4.90 Å². The number of carbonyl (C=O) groups is 2. The maximum atomic E-state index is 13.7. The molecule has 10 heteroatoms. The Morgan fingerprint density at radius 3 is 2.37 bits per heavy atom. The third-order valence-electron chi connectivity index (χ3n) is 5.33. The van der Waals surface area contributed by atoms with E-state index >= 15 is 0 Å². The molecular formula is C20H25F3N4O3. The summed E-state index contributed by atoms with van der Waals surface area (Å²) in [6, 6.07) is 3.84. The summed E-state index contributed by atoms with van der Waals surface area (Å²) in [5, 5.41) is 11.5. The van der Waals surface area contributed by atoms with Crippen LogP contribution in [0.3, 0.4) is 0 Å². The van der Waals surface area contributed by atoms with Gasteiger partial charge in [-0.2, -0.15) is 13.2 Å². The number of halogens is 3. The first-order valence-corrected chi connectivity index (χ1v) is 9.83. The zero-order valence-electron chi connectivity index (χ0n) is 16.7. The van der Waals surface area contributed by atoms with Crippen LogP contribution in [0.5, 0.6) is 0 Å². The highest BCUT2D eigenvalue weighted by Gasteiger charge is 2.35. The second-order valence-corrected chi connectivity index (χ2v) is 7.28. The Labute approximate surface area is 172 Å². The first kappa shape index (κ1) is 22.3. The van der Waals surface area contributed by atoms with Gasteiger partial charge in [-0.1, -0.05) is 13.0 Å². The zero-order valence-corrected chi connectivity index (χ0v) is 16.7. The smallest absolute Gasteiger partial charge is 0.395 e. The van der Waals surface area contributed by atoms with E-state index in [2.05, 4.69) is 17.1 Å². The fourth-order valence-corrected chi connectivity index (χ4v) is 3.63. The maximum Gasteiger partial charge on any atom is 0.416 e. The van der Waals surface area contributed by atoms with E-state index in [9.17, 15) is 22.8 Å². The molecule has 0 spiro atoms. The minimum absolute atomic E-state index is 0.0696. The predicted molar refractivity (Wildman–Crippen MR) is 104 cm³/mol. The average molecular weight is 426 g/mol. The van der Waals surface area contributed by atoms with E-state index in [0.29, 0.717) is 13.1 Å².